The third kappa shape index (κ3) is 3.91. The van der Waals surface area contributed by atoms with E-state index in [1.54, 1.807) is 6.07 Å². The minimum atomic E-state index is -0.168. The second-order valence-electron chi connectivity index (χ2n) is 5.11. The second kappa shape index (κ2) is 6.68. The van der Waals surface area contributed by atoms with Crippen molar-refractivity contribution < 1.29 is 4.39 Å². The summed E-state index contributed by atoms with van der Waals surface area (Å²) in [5.74, 6) is -0.168. The zero-order chi connectivity index (χ0) is 13.8. The number of hydrogen-bond donors (Lipinski definition) is 1. The Labute approximate surface area is 122 Å². The number of nitrogens with zero attached hydrogens (tertiary/aromatic N) is 2. The van der Waals surface area contributed by atoms with Gasteiger partial charge in [0.25, 0.3) is 0 Å². The standard InChI is InChI=1S/C14H21BrFN3/c1-11(19-7-5-17-6-8-19)10-18(2)14-9-12(15)3-4-13(14)16/h3-4,9,11,17H,5-8,10H2,1-2H3. The molecule has 0 aliphatic carbocycles. The Kier molecular flexibility index (Phi) is 5.19. The van der Waals surface area contributed by atoms with E-state index in [4.69, 9.17) is 0 Å². The Morgan fingerprint density at radius 2 is 2.11 bits per heavy atom. The maximum atomic E-state index is 13.8. The average Bonchev–Trinajstić information content (AvgIpc) is 2.42. The topological polar surface area (TPSA) is 18.5 Å². The number of hydrogen-bond acceptors (Lipinski definition) is 3. The summed E-state index contributed by atoms with van der Waals surface area (Å²) in [4.78, 5) is 4.44. The van der Waals surface area contributed by atoms with Crippen LogP contribution in [0.25, 0.3) is 0 Å². The molecule has 1 heterocycles. The summed E-state index contributed by atoms with van der Waals surface area (Å²) in [5, 5.41) is 3.35. The minimum absolute atomic E-state index is 0.168. The summed E-state index contributed by atoms with van der Waals surface area (Å²) in [5.41, 5.74) is 0.649. The molecule has 1 aromatic carbocycles. The van der Waals surface area contributed by atoms with Gasteiger partial charge in [-0.05, 0) is 25.1 Å². The summed E-state index contributed by atoms with van der Waals surface area (Å²) < 4.78 is 14.7. The van der Waals surface area contributed by atoms with Gasteiger partial charge in [-0.3, -0.25) is 4.90 Å². The van der Waals surface area contributed by atoms with Crippen LogP contribution < -0.4 is 10.2 Å². The zero-order valence-electron chi connectivity index (χ0n) is 11.5. The maximum Gasteiger partial charge on any atom is 0.146 e. The molecule has 1 aliphatic rings. The van der Waals surface area contributed by atoms with Gasteiger partial charge in [-0.2, -0.15) is 0 Å². The van der Waals surface area contributed by atoms with E-state index < -0.39 is 0 Å². The molecule has 3 nitrogen and oxygen atoms in total. The van der Waals surface area contributed by atoms with Gasteiger partial charge in [0, 0.05) is 50.3 Å². The van der Waals surface area contributed by atoms with Crippen LogP contribution in [0.15, 0.2) is 22.7 Å². The molecule has 1 atom stereocenters. The molecule has 1 N–H and O–H groups in total. The third-order valence-electron chi connectivity index (χ3n) is 3.63. The lowest BCUT2D eigenvalue weighted by Gasteiger charge is -2.35. The zero-order valence-corrected chi connectivity index (χ0v) is 13.1. The van der Waals surface area contributed by atoms with Gasteiger partial charge < -0.3 is 10.2 Å². The molecule has 5 heteroatoms. The number of halogens is 2. The van der Waals surface area contributed by atoms with Crippen LogP contribution in [0.3, 0.4) is 0 Å². The Morgan fingerprint density at radius 1 is 1.42 bits per heavy atom. The van der Waals surface area contributed by atoms with Crippen molar-refractivity contribution in [2.24, 2.45) is 0 Å². The summed E-state index contributed by atoms with van der Waals surface area (Å²) in [6, 6.07) is 5.49. The summed E-state index contributed by atoms with van der Waals surface area (Å²) in [6.45, 7) is 7.25. The van der Waals surface area contributed by atoms with E-state index in [-0.39, 0.29) is 5.82 Å². The van der Waals surface area contributed by atoms with Gasteiger partial charge in [0.2, 0.25) is 0 Å². The molecule has 0 radical (unpaired) electrons. The first-order valence-electron chi connectivity index (χ1n) is 6.69. The van der Waals surface area contributed by atoms with Crippen molar-refractivity contribution in [3.05, 3.63) is 28.5 Å². The molecule has 106 valence electrons. The van der Waals surface area contributed by atoms with Gasteiger partial charge in [0.15, 0.2) is 0 Å². The first kappa shape index (κ1) is 14.8. The molecule has 2 rings (SSSR count). The van der Waals surface area contributed by atoms with Crippen LogP contribution in [-0.4, -0.2) is 50.7 Å². The summed E-state index contributed by atoms with van der Waals surface area (Å²) in [6.07, 6.45) is 0. The first-order valence-corrected chi connectivity index (χ1v) is 7.48. The van der Waals surface area contributed by atoms with E-state index in [0.717, 1.165) is 37.2 Å². The second-order valence-corrected chi connectivity index (χ2v) is 6.03. The fourth-order valence-corrected chi connectivity index (χ4v) is 2.86. The Morgan fingerprint density at radius 3 is 2.79 bits per heavy atom. The molecule has 0 aromatic heterocycles. The van der Waals surface area contributed by atoms with Crippen molar-refractivity contribution in [2.75, 3.05) is 44.7 Å². The lowest BCUT2D eigenvalue weighted by molar-refractivity contribution is 0.187. The molecule has 0 saturated carbocycles. The molecule has 1 unspecified atom stereocenters. The number of piperazine rings is 1. The average molecular weight is 330 g/mol. The Bertz CT molecular complexity index is 421. The van der Waals surface area contributed by atoms with Crippen LogP contribution in [0, 0.1) is 5.82 Å². The molecule has 0 bridgehead atoms. The Hall–Kier alpha value is -0.650. The molecule has 19 heavy (non-hydrogen) atoms. The van der Waals surface area contributed by atoms with Gasteiger partial charge in [-0.25, -0.2) is 4.39 Å². The highest BCUT2D eigenvalue weighted by Crippen LogP contribution is 2.23. The van der Waals surface area contributed by atoms with Gasteiger partial charge in [-0.15, -0.1) is 0 Å². The van der Waals surface area contributed by atoms with E-state index in [1.807, 2.05) is 18.0 Å². The predicted octanol–water partition coefficient (Wildman–Crippen LogP) is 2.32. The van der Waals surface area contributed by atoms with Crippen LogP contribution in [0.2, 0.25) is 0 Å². The number of nitrogens with one attached hydrogen (secondary N) is 1. The highest BCUT2D eigenvalue weighted by Gasteiger charge is 2.19. The van der Waals surface area contributed by atoms with Crippen LogP contribution >= 0.6 is 15.9 Å². The van der Waals surface area contributed by atoms with Crippen molar-refractivity contribution >= 4 is 21.6 Å². The van der Waals surface area contributed by atoms with E-state index in [1.165, 1.54) is 6.07 Å². The summed E-state index contributed by atoms with van der Waals surface area (Å²) in [7, 11) is 1.95. The molecule has 0 spiro atoms. The number of benzene rings is 1. The maximum absolute atomic E-state index is 13.8. The number of likely N-dealkylation sites (N-methyl/N-ethyl adjacent to an activating group) is 1. The minimum Gasteiger partial charge on any atom is -0.371 e. The van der Waals surface area contributed by atoms with Crippen LogP contribution in [0.1, 0.15) is 6.92 Å². The van der Waals surface area contributed by atoms with Gasteiger partial charge in [0.1, 0.15) is 5.82 Å². The van der Waals surface area contributed by atoms with E-state index in [2.05, 4.69) is 33.1 Å². The van der Waals surface area contributed by atoms with Crippen molar-refractivity contribution in [2.45, 2.75) is 13.0 Å². The lowest BCUT2D eigenvalue weighted by Crippen LogP contribution is -2.50. The molecule has 1 fully saturated rings. The van der Waals surface area contributed by atoms with Crippen LogP contribution in [-0.2, 0) is 0 Å². The predicted molar refractivity (Wildman–Crippen MR) is 81.3 cm³/mol. The van der Waals surface area contributed by atoms with Crippen molar-refractivity contribution in [1.82, 2.24) is 10.2 Å². The highest BCUT2D eigenvalue weighted by atomic mass is 79.9. The number of rotatable bonds is 4. The quantitative estimate of drug-likeness (QED) is 0.914. The van der Waals surface area contributed by atoms with E-state index >= 15 is 0 Å². The lowest BCUT2D eigenvalue weighted by atomic mass is 10.2. The van der Waals surface area contributed by atoms with Crippen LogP contribution in [0.4, 0.5) is 10.1 Å². The van der Waals surface area contributed by atoms with E-state index in [0.29, 0.717) is 11.7 Å². The Balaban J connectivity index is 1.99. The molecular weight excluding hydrogens is 309 g/mol. The van der Waals surface area contributed by atoms with Crippen molar-refractivity contribution in [3.8, 4) is 0 Å². The third-order valence-corrected chi connectivity index (χ3v) is 4.13. The van der Waals surface area contributed by atoms with Gasteiger partial charge in [0.05, 0.1) is 5.69 Å². The monoisotopic (exact) mass is 329 g/mol. The van der Waals surface area contributed by atoms with Gasteiger partial charge in [-0.1, -0.05) is 15.9 Å². The van der Waals surface area contributed by atoms with Crippen molar-refractivity contribution in [1.29, 1.82) is 0 Å². The fourth-order valence-electron chi connectivity index (χ4n) is 2.51. The van der Waals surface area contributed by atoms with Crippen LogP contribution in [0.5, 0.6) is 0 Å². The summed E-state index contributed by atoms with van der Waals surface area (Å²) >= 11 is 3.40. The highest BCUT2D eigenvalue weighted by molar-refractivity contribution is 9.10. The molecule has 1 aromatic rings. The van der Waals surface area contributed by atoms with E-state index in [9.17, 15) is 4.39 Å². The number of anilines is 1. The normalized spacial score (nSPS) is 18.3. The SMILES string of the molecule is CC(CN(C)c1cc(Br)ccc1F)N1CCNCC1. The molecule has 0 amide bonds. The smallest absolute Gasteiger partial charge is 0.146 e. The van der Waals surface area contributed by atoms with Gasteiger partial charge >= 0.3 is 0 Å². The molecule has 1 aliphatic heterocycles. The van der Waals surface area contributed by atoms with Crippen molar-refractivity contribution in [3.63, 3.8) is 0 Å². The molecule has 1 saturated heterocycles. The fraction of sp³-hybridized carbons (Fsp3) is 0.571. The first-order chi connectivity index (χ1) is 9.08. The molecular formula is C14H21BrFN3. The largest absolute Gasteiger partial charge is 0.371 e.